The zero-order valence-electron chi connectivity index (χ0n) is 16.6. The van der Waals surface area contributed by atoms with E-state index in [0.717, 1.165) is 36.9 Å². The lowest BCUT2D eigenvalue weighted by Gasteiger charge is -2.37. The molecule has 3 rings (SSSR count). The van der Waals surface area contributed by atoms with Crippen LogP contribution in [0.2, 0.25) is 0 Å². The van der Waals surface area contributed by atoms with Gasteiger partial charge in [0, 0.05) is 38.2 Å². The molecule has 2 amide bonds. The first kappa shape index (κ1) is 19.9. The molecule has 1 aliphatic carbocycles. The zero-order chi connectivity index (χ0) is 19.3. The molecular weight excluding hydrogens is 338 g/mol. The fourth-order valence-corrected chi connectivity index (χ4v) is 4.52. The first-order valence-corrected chi connectivity index (χ1v) is 10.4. The maximum Gasteiger partial charge on any atom is 0.253 e. The van der Waals surface area contributed by atoms with E-state index in [1.807, 2.05) is 41.0 Å². The molecule has 5 heteroatoms. The lowest BCUT2D eigenvalue weighted by Crippen LogP contribution is -2.42. The third kappa shape index (κ3) is 4.89. The molecule has 0 atom stereocenters. The van der Waals surface area contributed by atoms with Crippen molar-refractivity contribution in [2.45, 2.75) is 51.9 Å². The van der Waals surface area contributed by atoms with Crippen molar-refractivity contribution in [3.63, 3.8) is 0 Å². The van der Waals surface area contributed by atoms with Crippen molar-refractivity contribution in [1.29, 1.82) is 0 Å². The molecule has 2 aliphatic rings. The van der Waals surface area contributed by atoms with E-state index in [0.29, 0.717) is 32.6 Å². The van der Waals surface area contributed by atoms with E-state index in [1.54, 1.807) is 0 Å². The highest BCUT2D eigenvalue weighted by molar-refractivity contribution is 5.94. The van der Waals surface area contributed by atoms with Gasteiger partial charge in [0.2, 0.25) is 5.91 Å². The van der Waals surface area contributed by atoms with Crippen LogP contribution in [-0.2, 0) is 4.79 Å². The summed E-state index contributed by atoms with van der Waals surface area (Å²) in [6, 6.07) is 7.73. The molecule has 1 saturated heterocycles. The van der Waals surface area contributed by atoms with Crippen molar-refractivity contribution in [2.75, 3.05) is 32.7 Å². The lowest BCUT2D eigenvalue weighted by atomic mass is 9.71. The predicted octanol–water partition coefficient (Wildman–Crippen LogP) is 2.97. The van der Waals surface area contributed by atoms with Gasteiger partial charge in [-0.3, -0.25) is 9.59 Å². The molecule has 0 spiro atoms. The molecule has 0 radical (unpaired) electrons. The van der Waals surface area contributed by atoms with Gasteiger partial charge in [-0.1, -0.05) is 37.0 Å². The first-order valence-electron chi connectivity index (χ1n) is 10.4. The van der Waals surface area contributed by atoms with Crippen LogP contribution in [0, 0.1) is 12.3 Å². The van der Waals surface area contributed by atoms with Crippen LogP contribution in [0.15, 0.2) is 24.3 Å². The second kappa shape index (κ2) is 8.87. The van der Waals surface area contributed by atoms with Gasteiger partial charge in [-0.2, -0.15) is 0 Å². The number of carbonyl (C=O) groups is 2. The SMILES string of the molecule is Cc1cccc(C(=O)N2CCCN(C(=O)CC3(CN)CCCCC3)CC2)c1. The monoisotopic (exact) mass is 371 g/mol. The fraction of sp³-hybridized carbons (Fsp3) is 0.636. The van der Waals surface area contributed by atoms with Crippen molar-refractivity contribution >= 4 is 11.8 Å². The Morgan fingerprint density at radius 1 is 1.00 bits per heavy atom. The largest absolute Gasteiger partial charge is 0.341 e. The molecule has 1 aliphatic heterocycles. The fourth-order valence-electron chi connectivity index (χ4n) is 4.52. The molecule has 0 bridgehead atoms. The number of hydrogen-bond acceptors (Lipinski definition) is 3. The average Bonchev–Trinajstić information content (AvgIpc) is 2.94. The van der Waals surface area contributed by atoms with Crippen LogP contribution in [0.3, 0.4) is 0 Å². The summed E-state index contributed by atoms with van der Waals surface area (Å²) in [4.78, 5) is 29.6. The number of rotatable bonds is 4. The van der Waals surface area contributed by atoms with E-state index in [-0.39, 0.29) is 17.2 Å². The molecule has 27 heavy (non-hydrogen) atoms. The third-order valence-electron chi connectivity index (χ3n) is 6.27. The number of hydrogen-bond donors (Lipinski definition) is 1. The Morgan fingerprint density at radius 3 is 2.41 bits per heavy atom. The molecule has 1 heterocycles. The van der Waals surface area contributed by atoms with Crippen LogP contribution < -0.4 is 5.73 Å². The van der Waals surface area contributed by atoms with Crippen molar-refractivity contribution < 1.29 is 9.59 Å². The van der Waals surface area contributed by atoms with E-state index in [4.69, 9.17) is 5.73 Å². The van der Waals surface area contributed by atoms with Crippen molar-refractivity contribution in [1.82, 2.24) is 9.80 Å². The lowest BCUT2D eigenvalue weighted by molar-refractivity contribution is -0.134. The number of amides is 2. The molecule has 0 unspecified atom stereocenters. The first-order chi connectivity index (χ1) is 13.0. The Morgan fingerprint density at radius 2 is 1.70 bits per heavy atom. The topological polar surface area (TPSA) is 66.6 Å². The minimum atomic E-state index is -0.00128. The van der Waals surface area contributed by atoms with Crippen molar-refractivity contribution in [3.05, 3.63) is 35.4 Å². The van der Waals surface area contributed by atoms with Crippen LogP contribution in [-0.4, -0.2) is 54.3 Å². The molecule has 148 valence electrons. The predicted molar refractivity (Wildman–Crippen MR) is 107 cm³/mol. The van der Waals surface area contributed by atoms with Gasteiger partial charge < -0.3 is 15.5 Å². The summed E-state index contributed by atoms with van der Waals surface area (Å²) < 4.78 is 0. The Hall–Kier alpha value is -1.88. The van der Waals surface area contributed by atoms with E-state index in [2.05, 4.69) is 0 Å². The van der Waals surface area contributed by atoms with Crippen LogP contribution in [0.25, 0.3) is 0 Å². The molecule has 1 aromatic rings. The second-order valence-corrected chi connectivity index (χ2v) is 8.34. The van der Waals surface area contributed by atoms with Gasteiger partial charge in [-0.25, -0.2) is 0 Å². The van der Waals surface area contributed by atoms with E-state index < -0.39 is 0 Å². The van der Waals surface area contributed by atoms with Crippen molar-refractivity contribution in [2.24, 2.45) is 11.1 Å². The Balaban J connectivity index is 1.59. The summed E-state index contributed by atoms with van der Waals surface area (Å²) in [6.07, 6.45) is 7.17. The molecular formula is C22H33N3O2. The molecule has 5 nitrogen and oxygen atoms in total. The average molecular weight is 372 g/mol. The van der Waals surface area contributed by atoms with E-state index in [9.17, 15) is 9.59 Å². The van der Waals surface area contributed by atoms with Gasteiger partial charge in [-0.15, -0.1) is 0 Å². The van der Waals surface area contributed by atoms with Gasteiger partial charge >= 0.3 is 0 Å². The summed E-state index contributed by atoms with van der Waals surface area (Å²) in [5, 5.41) is 0. The number of carbonyl (C=O) groups excluding carboxylic acids is 2. The molecule has 0 aromatic heterocycles. The van der Waals surface area contributed by atoms with Crippen molar-refractivity contribution in [3.8, 4) is 0 Å². The molecule has 1 aromatic carbocycles. The van der Waals surface area contributed by atoms with Crippen LogP contribution >= 0.6 is 0 Å². The number of aryl methyl sites for hydroxylation is 1. The van der Waals surface area contributed by atoms with Gasteiger partial charge in [-0.05, 0) is 50.3 Å². The second-order valence-electron chi connectivity index (χ2n) is 8.34. The molecule has 2 N–H and O–H groups in total. The Labute approximate surface area is 162 Å². The van der Waals surface area contributed by atoms with Gasteiger partial charge in [0.05, 0.1) is 0 Å². The quantitative estimate of drug-likeness (QED) is 0.885. The third-order valence-corrected chi connectivity index (χ3v) is 6.27. The van der Waals surface area contributed by atoms with E-state index >= 15 is 0 Å². The van der Waals surface area contributed by atoms with Gasteiger partial charge in [0.1, 0.15) is 0 Å². The Bertz CT molecular complexity index is 667. The van der Waals surface area contributed by atoms with Crippen LogP contribution in [0.5, 0.6) is 0 Å². The summed E-state index contributed by atoms with van der Waals surface area (Å²) in [6.45, 7) is 5.27. The van der Waals surface area contributed by atoms with Crippen LogP contribution in [0.4, 0.5) is 0 Å². The molecule has 1 saturated carbocycles. The van der Waals surface area contributed by atoms with Gasteiger partial charge in [0.25, 0.3) is 5.91 Å². The number of nitrogens with two attached hydrogens (primary N) is 1. The van der Waals surface area contributed by atoms with Crippen LogP contribution in [0.1, 0.15) is 60.9 Å². The minimum absolute atomic E-state index is 0.00128. The minimum Gasteiger partial charge on any atom is -0.341 e. The summed E-state index contributed by atoms with van der Waals surface area (Å²) in [7, 11) is 0. The maximum absolute atomic E-state index is 12.9. The number of nitrogens with zero attached hydrogens (tertiary/aromatic N) is 2. The number of benzene rings is 1. The standard InChI is InChI=1S/C22H33N3O2/c1-18-7-5-8-19(15-18)21(27)25-12-6-11-24(13-14-25)20(26)16-22(17-23)9-3-2-4-10-22/h5,7-8,15H,2-4,6,9-14,16-17,23H2,1H3. The highest BCUT2D eigenvalue weighted by Gasteiger charge is 2.35. The normalized spacial score (nSPS) is 20.2. The van der Waals surface area contributed by atoms with Gasteiger partial charge in [0.15, 0.2) is 0 Å². The summed E-state index contributed by atoms with van der Waals surface area (Å²) >= 11 is 0. The highest BCUT2D eigenvalue weighted by Crippen LogP contribution is 2.38. The highest BCUT2D eigenvalue weighted by atomic mass is 16.2. The summed E-state index contributed by atoms with van der Waals surface area (Å²) in [5.74, 6) is 0.283. The van der Waals surface area contributed by atoms with E-state index in [1.165, 1.54) is 19.3 Å². The maximum atomic E-state index is 12.9. The molecule has 2 fully saturated rings. The smallest absolute Gasteiger partial charge is 0.253 e. The summed E-state index contributed by atoms with van der Waals surface area (Å²) in [5.41, 5.74) is 7.89. The Kier molecular flexibility index (Phi) is 6.53. The zero-order valence-corrected chi connectivity index (χ0v) is 16.6.